The van der Waals surface area contributed by atoms with E-state index in [0.717, 1.165) is 31.2 Å². The highest BCUT2D eigenvalue weighted by atomic mass is 16.5. The molecule has 7 nitrogen and oxygen atoms in total. The van der Waals surface area contributed by atoms with Crippen LogP contribution in [0.5, 0.6) is 5.75 Å². The Morgan fingerprint density at radius 1 is 1.12 bits per heavy atom. The van der Waals surface area contributed by atoms with Gasteiger partial charge in [0.25, 0.3) is 5.91 Å². The normalized spacial score (nSPS) is 16.6. The number of benzene rings is 2. The minimum Gasteiger partial charge on any atom is -0.484 e. The van der Waals surface area contributed by atoms with Crippen LogP contribution in [0.25, 0.3) is 0 Å². The standard InChI is InChI=1S/C25H35N5O2/c1-26-25(27-16-21-11-7-13-23(15-21)32-19-24(31)29(2)3)28-17-22-12-8-14-30(22)18-20-9-5-4-6-10-20/h4-7,9-11,13,15,22H,8,12,14,16-19H2,1-3H3,(H2,26,27,28). The van der Waals surface area contributed by atoms with E-state index in [0.29, 0.717) is 18.3 Å². The van der Waals surface area contributed by atoms with Crippen LogP contribution in [0.2, 0.25) is 0 Å². The zero-order chi connectivity index (χ0) is 22.8. The maximum Gasteiger partial charge on any atom is 0.259 e. The molecule has 0 saturated carbocycles. The van der Waals surface area contributed by atoms with E-state index in [1.807, 2.05) is 24.3 Å². The van der Waals surface area contributed by atoms with Gasteiger partial charge < -0.3 is 20.3 Å². The number of carbonyl (C=O) groups is 1. The molecule has 2 aromatic carbocycles. The number of nitrogens with one attached hydrogen (secondary N) is 2. The number of aliphatic imine (C=N–C) groups is 1. The van der Waals surface area contributed by atoms with Gasteiger partial charge in [-0.3, -0.25) is 14.7 Å². The van der Waals surface area contributed by atoms with Crippen molar-refractivity contribution in [1.82, 2.24) is 20.4 Å². The van der Waals surface area contributed by atoms with Crippen molar-refractivity contribution >= 4 is 11.9 Å². The number of hydrogen-bond acceptors (Lipinski definition) is 4. The Morgan fingerprint density at radius 2 is 1.91 bits per heavy atom. The van der Waals surface area contributed by atoms with Crippen LogP contribution in [-0.4, -0.2) is 68.5 Å². The lowest BCUT2D eigenvalue weighted by Crippen LogP contribution is -2.44. The second-order valence-electron chi connectivity index (χ2n) is 8.28. The SMILES string of the molecule is CN=C(NCc1cccc(OCC(=O)N(C)C)c1)NCC1CCCN1Cc1ccccc1. The van der Waals surface area contributed by atoms with Gasteiger partial charge in [-0.25, -0.2) is 0 Å². The average molecular weight is 438 g/mol. The van der Waals surface area contributed by atoms with Gasteiger partial charge in [0.15, 0.2) is 12.6 Å². The molecule has 1 aliphatic rings. The first-order valence-electron chi connectivity index (χ1n) is 11.2. The molecule has 1 amide bonds. The Labute approximate surface area is 191 Å². The van der Waals surface area contributed by atoms with E-state index < -0.39 is 0 Å². The molecule has 7 heteroatoms. The molecular formula is C25H35N5O2. The molecule has 0 aliphatic carbocycles. The summed E-state index contributed by atoms with van der Waals surface area (Å²) in [6, 6.07) is 18.9. The molecule has 1 atom stereocenters. The number of ether oxygens (including phenoxy) is 1. The van der Waals surface area contributed by atoms with Crippen LogP contribution in [0.3, 0.4) is 0 Å². The van der Waals surface area contributed by atoms with Crippen LogP contribution in [0, 0.1) is 0 Å². The summed E-state index contributed by atoms with van der Waals surface area (Å²) in [6.45, 7) is 3.64. The third kappa shape index (κ3) is 7.27. The van der Waals surface area contributed by atoms with Gasteiger partial charge in [-0.2, -0.15) is 0 Å². The molecule has 32 heavy (non-hydrogen) atoms. The van der Waals surface area contributed by atoms with Crippen molar-refractivity contribution in [1.29, 1.82) is 0 Å². The Bertz CT molecular complexity index is 885. The minimum absolute atomic E-state index is 0.0357. The van der Waals surface area contributed by atoms with Gasteiger partial charge in [-0.15, -0.1) is 0 Å². The topological polar surface area (TPSA) is 69.2 Å². The summed E-state index contributed by atoms with van der Waals surface area (Å²) in [5.74, 6) is 1.40. The molecule has 1 saturated heterocycles. The third-order valence-corrected chi connectivity index (χ3v) is 5.68. The lowest BCUT2D eigenvalue weighted by atomic mass is 10.2. The van der Waals surface area contributed by atoms with E-state index in [-0.39, 0.29) is 12.5 Å². The van der Waals surface area contributed by atoms with Crippen molar-refractivity contribution in [2.24, 2.45) is 4.99 Å². The van der Waals surface area contributed by atoms with Crippen molar-refractivity contribution in [2.75, 3.05) is 40.8 Å². The lowest BCUT2D eigenvalue weighted by molar-refractivity contribution is -0.130. The van der Waals surface area contributed by atoms with E-state index in [1.165, 1.54) is 23.3 Å². The molecule has 172 valence electrons. The Balaban J connectivity index is 1.46. The van der Waals surface area contributed by atoms with Crippen LogP contribution in [-0.2, 0) is 17.9 Å². The zero-order valence-electron chi connectivity index (χ0n) is 19.4. The smallest absolute Gasteiger partial charge is 0.259 e. The van der Waals surface area contributed by atoms with E-state index >= 15 is 0 Å². The number of hydrogen-bond donors (Lipinski definition) is 2. The first-order chi connectivity index (χ1) is 15.5. The summed E-state index contributed by atoms with van der Waals surface area (Å²) in [5, 5.41) is 6.85. The Kier molecular flexibility index (Phi) is 8.92. The van der Waals surface area contributed by atoms with Crippen molar-refractivity contribution < 1.29 is 9.53 Å². The molecule has 1 aliphatic heterocycles. The average Bonchev–Trinajstić information content (AvgIpc) is 3.25. The first kappa shape index (κ1) is 23.6. The highest BCUT2D eigenvalue weighted by Crippen LogP contribution is 2.19. The van der Waals surface area contributed by atoms with Gasteiger partial charge in [0.1, 0.15) is 5.75 Å². The zero-order valence-corrected chi connectivity index (χ0v) is 19.4. The molecule has 1 fully saturated rings. The van der Waals surface area contributed by atoms with Gasteiger partial charge in [-0.05, 0) is 42.6 Å². The number of amides is 1. The monoisotopic (exact) mass is 437 g/mol. The second-order valence-corrected chi connectivity index (χ2v) is 8.28. The number of rotatable bonds is 9. The lowest BCUT2D eigenvalue weighted by Gasteiger charge is -2.25. The molecular weight excluding hydrogens is 402 g/mol. The predicted molar refractivity (Wildman–Crippen MR) is 129 cm³/mol. The summed E-state index contributed by atoms with van der Waals surface area (Å²) >= 11 is 0. The predicted octanol–water partition coefficient (Wildman–Crippen LogP) is 2.48. The summed E-state index contributed by atoms with van der Waals surface area (Å²) < 4.78 is 5.61. The maximum absolute atomic E-state index is 11.7. The molecule has 0 bridgehead atoms. The van der Waals surface area contributed by atoms with E-state index in [1.54, 1.807) is 21.1 Å². The van der Waals surface area contributed by atoms with Gasteiger partial charge >= 0.3 is 0 Å². The van der Waals surface area contributed by atoms with Crippen molar-refractivity contribution in [2.45, 2.75) is 32.0 Å². The van der Waals surface area contributed by atoms with Crippen molar-refractivity contribution in [3.05, 3.63) is 65.7 Å². The summed E-state index contributed by atoms with van der Waals surface area (Å²) in [7, 11) is 5.23. The fourth-order valence-corrected chi connectivity index (χ4v) is 3.79. The van der Waals surface area contributed by atoms with Crippen LogP contribution >= 0.6 is 0 Å². The quantitative estimate of drug-likeness (QED) is 0.466. The van der Waals surface area contributed by atoms with Gasteiger partial charge in [-0.1, -0.05) is 42.5 Å². The fourth-order valence-electron chi connectivity index (χ4n) is 3.79. The summed E-state index contributed by atoms with van der Waals surface area (Å²) in [4.78, 5) is 20.2. The van der Waals surface area contributed by atoms with Crippen LogP contribution in [0.1, 0.15) is 24.0 Å². The molecule has 2 aromatic rings. The van der Waals surface area contributed by atoms with Crippen LogP contribution < -0.4 is 15.4 Å². The number of guanidine groups is 1. The number of nitrogens with zero attached hydrogens (tertiary/aromatic N) is 3. The maximum atomic E-state index is 11.7. The molecule has 0 radical (unpaired) electrons. The molecule has 1 heterocycles. The van der Waals surface area contributed by atoms with Crippen molar-refractivity contribution in [3.8, 4) is 5.75 Å². The van der Waals surface area contributed by atoms with Gasteiger partial charge in [0.05, 0.1) is 0 Å². The van der Waals surface area contributed by atoms with E-state index in [2.05, 4.69) is 50.9 Å². The highest BCUT2D eigenvalue weighted by molar-refractivity contribution is 5.79. The highest BCUT2D eigenvalue weighted by Gasteiger charge is 2.24. The molecule has 3 rings (SSSR count). The molecule has 1 unspecified atom stereocenters. The number of carbonyl (C=O) groups excluding carboxylic acids is 1. The number of likely N-dealkylation sites (N-methyl/N-ethyl adjacent to an activating group) is 1. The van der Waals surface area contributed by atoms with Gasteiger partial charge in [0, 0.05) is 46.8 Å². The Hall–Kier alpha value is -3.06. The third-order valence-electron chi connectivity index (χ3n) is 5.68. The largest absolute Gasteiger partial charge is 0.484 e. The summed E-state index contributed by atoms with van der Waals surface area (Å²) in [5.41, 5.74) is 2.42. The summed E-state index contributed by atoms with van der Waals surface area (Å²) in [6.07, 6.45) is 2.43. The molecule has 0 aromatic heterocycles. The minimum atomic E-state index is -0.0636. The molecule has 2 N–H and O–H groups in total. The first-order valence-corrected chi connectivity index (χ1v) is 11.2. The van der Waals surface area contributed by atoms with E-state index in [9.17, 15) is 4.79 Å². The Morgan fingerprint density at radius 3 is 2.66 bits per heavy atom. The van der Waals surface area contributed by atoms with Crippen LogP contribution in [0.15, 0.2) is 59.6 Å². The number of likely N-dealkylation sites (tertiary alicyclic amines) is 1. The van der Waals surface area contributed by atoms with Crippen LogP contribution in [0.4, 0.5) is 0 Å². The van der Waals surface area contributed by atoms with E-state index in [4.69, 9.17) is 4.74 Å². The van der Waals surface area contributed by atoms with Crippen molar-refractivity contribution in [3.63, 3.8) is 0 Å². The fraction of sp³-hybridized carbons (Fsp3) is 0.440. The second kappa shape index (κ2) is 12.1. The van der Waals surface area contributed by atoms with Gasteiger partial charge in [0.2, 0.25) is 0 Å². The molecule has 0 spiro atoms.